The number of phenolic OH excluding ortho intramolecular Hbond substituents is 1. The first kappa shape index (κ1) is 16.9. The predicted octanol–water partition coefficient (Wildman–Crippen LogP) is -2.13. The van der Waals surface area contributed by atoms with Gasteiger partial charge in [-0.05, 0) is 12.1 Å². The first-order valence-corrected chi connectivity index (χ1v) is 7.18. The molecule has 6 N–H and O–H groups in total. The number of rotatable bonds is 3. The maximum absolute atomic E-state index is 12.0. The van der Waals surface area contributed by atoms with Crippen LogP contribution in [0.5, 0.6) is 11.5 Å². The number of amides is 1. The number of phenols is 1. The number of hydrogen-bond donors (Lipinski definition) is 6. The molecule has 1 fully saturated rings. The summed E-state index contributed by atoms with van der Waals surface area (Å²) in [6.45, 7) is -0.626. The number of hydrogen-bond acceptors (Lipinski definition) is 9. The Morgan fingerprint density at radius 3 is 2.62 bits per heavy atom. The molecule has 0 unspecified atom stereocenters. The minimum atomic E-state index is -1.66. The van der Waals surface area contributed by atoms with E-state index in [2.05, 4.69) is 5.32 Å². The van der Waals surface area contributed by atoms with Gasteiger partial charge in [-0.1, -0.05) is 6.07 Å². The summed E-state index contributed by atoms with van der Waals surface area (Å²) in [5, 5.41) is 50.5. The molecule has 0 aromatic heterocycles. The molecule has 2 heterocycles. The summed E-state index contributed by atoms with van der Waals surface area (Å²) in [6.07, 6.45) is -9.05. The molecule has 0 saturated carbocycles. The van der Waals surface area contributed by atoms with Crippen LogP contribution in [0.4, 0.5) is 5.69 Å². The minimum Gasteiger partial charge on any atom is -0.506 e. The van der Waals surface area contributed by atoms with Gasteiger partial charge in [-0.15, -0.1) is 0 Å². The van der Waals surface area contributed by atoms with Crippen molar-refractivity contribution >= 4 is 11.6 Å². The molecule has 0 spiro atoms. The van der Waals surface area contributed by atoms with E-state index in [1.807, 2.05) is 0 Å². The smallest absolute Gasteiger partial charge is 0.294 e. The Kier molecular flexibility index (Phi) is 4.58. The third kappa shape index (κ3) is 2.90. The molecule has 24 heavy (non-hydrogen) atoms. The second kappa shape index (κ2) is 6.51. The highest BCUT2D eigenvalue weighted by Gasteiger charge is 2.46. The fourth-order valence-electron chi connectivity index (χ4n) is 2.49. The third-order valence-electron chi connectivity index (χ3n) is 3.81. The van der Waals surface area contributed by atoms with Crippen LogP contribution < -0.4 is 10.1 Å². The number of ether oxygens (including phenoxy) is 3. The summed E-state index contributed by atoms with van der Waals surface area (Å²) in [6, 6.07) is 4.34. The van der Waals surface area contributed by atoms with E-state index in [1.54, 1.807) is 0 Å². The zero-order chi connectivity index (χ0) is 17.4. The summed E-state index contributed by atoms with van der Waals surface area (Å²) in [7, 11) is 0. The van der Waals surface area contributed by atoms with E-state index in [0.717, 1.165) is 0 Å². The predicted molar refractivity (Wildman–Crippen MR) is 76.0 cm³/mol. The topological polar surface area (TPSA) is 158 Å². The lowest BCUT2D eigenvalue weighted by Crippen LogP contribution is -2.60. The number of nitrogens with one attached hydrogen (secondary N) is 1. The summed E-state index contributed by atoms with van der Waals surface area (Å²) in [5.74, 6) is -0.808. The van der Waals surface area contributed by atoms with Crippen molar-refractivity contribution in [3.05, 3.63) is 18.2 Å². The van der Waals surface area contributed by atoms with Gasteiger partial charge in [-0.2, -0.15) is 0 Å². The van der Waals surface area contributed by atoms with E-state index in [1.165, 1.54) is 18.2 Å². The van der Waals surface area contributed by atoms with Crippen LogP contribution in [0.15, 0.2) is 18.2 Å². The van der Waals surface area contributed by atoms with Crippen molar-refractivity contribution in [1.82, 2.24) is 0 Å². The number of carbonyl (C=O) groups is 1. The zero-order valence-electron chi connectivity index (χ0n) is 12.3. The molecule has 1 aromatic carbocycles. The molecule has 10 heteroatoms. The quantitative estimate of drug-likeness (QED) is 0.337. The number of anilines is 1. The van der Waals surface area contributed by atoms with Gasteiger partial charge in [-0.25, -0.2) is 0 Å². The fraction of sp³-hybridized carbons (Fsp3) is 0.500. The van der Waals surface area contributed by atoms with Crippen molar-refractivity contribution in [3.8, 4) is 11.5 Å². The van der Waals surface area contributed by atoms with Crippen LogP contribution in [0, 0.1) is 0 Å². The number of para-hydroxylation sites is 1. The Morgan fingerprint density at radius 1 is 1.17 bits per heavy atom. The van der Waals surface area contributed by atoms with Crippen LogP contribution in [0.25, 0.3) is 0 Å². The molecule has 2 aliphatic heterocycles. The van der Waals surface area contributed by atoms with E-state index in [-0.39, 0.29) is 17.2 Å². The molecular weight excluding hydrogens is 326 g/mol. The van der Waals surface area contributed by atoms with Crippen LogP contribution in [-0.2, 0) is 14.3 Å². The van der Waals surface area contributed by atoms with Crippen molar-refractivity contribution in [1.29, 1.82) is 0 Å². The highest BCUT2D eigenvalue weighted by atomic mass is 16.8. The normalized spacial score (nSPS) is 35.8. The number of aliphatic hydroxyl groups is 4. The van der Waals surface area contributed by atoms with E-state index in [9.17, 15) is 25.2 Å². The van der Waals surface area contributed by atoms with Crippen LogP contribution >= 0.6 is 0 Å². The Morgan fingerprint density at radius 2 is 1.92 bits per heavy atom. The first-order chi connectivity index (χ1) is 11.4. The largest absolute Gasteiger partial charge is 0.506 e. The SMILES string of the molecule is O=C1Nc2c(O)cccc2O[C@@H]1O[C@@H]1O[C@H](CO)[C@@H](O)[C@H](O)[C@H]1O. The van der Waals surface area contributed by atoms with Gasteiger partial charge in [0, 0.05) is 0 Å². The van der Waals surface area contributed by atoms with Crippen molar-refractivity contribution in [2.24, 2.45) is 0 Å². The zero-order valence-corrected chi connectivity index (χ0v) is 12.3. The molecule has 0 aliphatic carbocycles. The number of carbonyl (C=O) groups excluding carboxylic acids is 1. The first-order valence-electron chi connectivity index (χ1n) is 7.18. The van der Waals surface area contributed by atoms with E-state index >= 15 is 0 Å². The molecule has 6 atom stereocenters. The number of benzene rings is 1. The monoisotopic (exact) mass is 343 g/mol. The standard InChI is InChI=1S/C14H17NO9/c16-4-7-9(18)10(19)11(20)13(23-7)24-14-12(21)15-8-5(17)2-1-3-6(8)22-14/h1-3,7,9-11,13-14,16-20H,4H2,(H,15,21)/t7-,9-,10+,11-,13+,14-/m1/s1. The highest BCUT2D eigenvalue weighted by molar-refractivity contribution is 5.98. The molecule has 10 nitrogen and oxygen atoms in total. The maximum atomic E-state index is 12.0. The van der Waals surface area contributed by atoms with E-state index in [0.29, 0.717) is 0 Å². The van der Waals surface area contributed by atoms with E-state index in [4.69, 9.17) is 19.3 Å². The molecule has 1 aromatic rings. The molecule has 2 aliphatic rings. The fourth-order valence-corrected chi connectivity index (χ4v) is 2.49. The summed E-state index contributed by atoms with van der Waals surface area (Å²) >= 11 is 0. The van der Waals surface area contributed by atoms with Crippen LogP contribution in [0.2, 0.25) is 0 Å². The minimum absolute atomic E-state index is 0.0798. The molecule has 1 saturated heterocycles. The summed E-state index contributed by atoms with van der Waals surface area (Å²) in [5.41, 5.74) is 0.0798. The number of aromatic hydroxyl groups is 1. The van der Waals surface area contributed by atoms with Crippen molar-refractivity contribution in [2.45, 2.75) is 37.0 Å². The Balaban J connectivity index is 1.75. The maximum Gasteiger partial charge on any atom is 0.294 e. The van der Waals surface area contributed by atoms with Crippen LogP contribution in [-0.4, -0.2) is 75.0 Å². The Labute approximate surface area is 135 Å². The van der Waals surface area contributed by atoms with Crippen molar-refractivity contribution < 1.29 is 44.5 Å². The second-order valence-corrected chi connectivity index (χ2v) is 5.42. The van der Waals surface area contributed by atoms with Crippen LogP contribution in [0.1, 0.15) is 0 Å². The van der Waals surface area contributed by atoms with Gasteiger partial charge in [0.15, 0.2) is 12.0 Å². The van der Waals surface area contributed by atoms with Gasteiger partial charge in [0.05, 0.1) is 6.61 Å². The number of fused-ring (bicyclic) bond motifs is 1. The average molecular weight is 343 g/mol. The van der Waals surface area contributed by atoms with Gasteiger partial charge >= 0.3 is 0 Å². The molecule has 132 valence electrons. The molecular formula is C14H17NO9. The average Bonchev–Trinajstić information content (AvgIpc) is 2.57. The number of aliphatic hydroxyl groups excluding tert-OH is 4. The Hall–Kier alpha value is -1.95. The summed E-state index contributed by atoms with van der Waals surface area (Å²) < 4.78 is 15.7. The van der Waals surface area contributed by atoms with Gasteiger partial charge in [0.2, 0.25) is 0 Å². The molecule has 0 radical (unpaired) electrons. The van der Waals surface area contributed by atoms with Gasteiger partial charge in [0.25, 0.3) is 12.2 Å². The van der Waals surface area contributed by atoms with Crippen LogP contribution in [0.3, 0.4) is 0 Å². The molecule has 1 amide bonds. The van der Waals surface area contributed by atoms with Gasteiger partial charge in [0.1, 0.15) is 35.9 Å². The Bertz CT molecular complexity index is 622. The van der Waals surface area contributed by atoms with Gasteiger partial charge < -0.3 is 45.1 Å². The summed E-state index contributed by atoms with van der Waals surface area (Å²) in [4.78, 5) is 12.0. The van der Waals surface area contributed by atoms with Gasteiger partial charge in [-0.3, -0.25) is 4.79 Å². The third-order valence-corrected chi connectivity index (χ3v) is 3.81. The van der Waals surface area contributed by atoms with E-state index < -0.39 is 49.5 Å². The lowest BCUT2D eigenvalue weighted by Gasteiger charge is -2.40. The molecule has 0 bridgehead atoms. The van der Waals surface area contributed by atoms with Crippen molar-refractivity contribution in [3.63, 3.8) is 0 Å². The van der Waals surface area contributed by atoms with Crippen molar-refractivity contribution in [2.75, 3.05) is 11.9 Å². The lowest BCUT2D eigenvalue weighted by atomic mass is 9.99. The highest BCUT2D eigenvalue weighted by Crippen LogP contribution is 2.37. The second-order valence-electron chi connectivity index (χ2n) is 5.42. The molecule has 3 rings (SSSR count). The lowest BCUT2D eigenvalue weighted by molar-refractivity contribution is -0.322.